The first-order chi connectivity index (χ1) is 9.52. The number of carbonyl (C=O) groups excluding carboxylic acids is 1. The number of aryl methyl sites for hydroxylation is 2. The van der Waals surface area contributed by atoms with E-state index in [1.807, 2.05) is 6.92 Å². The Morgan fingerprint density at radius 2 is 2.15 bits per heavy atom. The summed E-state index contributed by atoms with van der Waals surface area (Å²) >= 11 is 1.75. The van der Waals surface area contributed by atoms with Crippen molar-refractivity contribution >= 4 is 23.1 Å². The van der Waals surface area contributed by atoms with E-state index in [9.17, 15) is 4.79 Å². The molecular formula is C15H19N3OS. The third-order valence-corrected chi connectivity index (χ3v) is 4.16. The average Bonchev–Trinajstić information content (AvgIpc) is 2.77. The zero-order chi connectivity index (χ0) is 14.7. The van der Waals surface area contributed by atoms with Crippen molar-refractivity contribution in [2.75, 3.05) is 12.4 Å². The average molecular weight is 289 g/mol. The van der Waals surface area contributed by atoms with Gasteiger partial charge in [-0.05, 0) is 44.5 Å². The van der Waals surface area contributed by atoms with E-state index >= 15 is 0 Å². The minimum absolute atomic E-state index is 0.0163. The topological polar surface area (TPSA) is 54.0 Å². The molecule has 5 heteroatoms. The summed E-state index contributed by atoms with van der Waals surface area (Å²) in [5, 5.41) is 5.96. The summed E-state index contributed by atoms with van der Waals surface area (Å²) in [4.78, 5) is 19.0. The highest BCUT2D eigenvalue weighted by Crippen LogP contribution is 2.26. The van der Waals surface area contributed by atoms with Gasteiger partial charge in [0.1, 0.15) is 5.82 Å². The molecule has 1 unspecified atom stereocenters. The fourth-order valence-electron chi connectivity index (χ4n) is 2.22. The second-order valence-electron chi connectivity index (χ2n) is 4.71. The maximum atomic E-state index is 12.3. The number of hydrogen-bond donors (Lipinski definition) is 2. The van der Waals surface area contributed by atoms with Crippen molar-refractivity contribution < 1.29 is 4.79 Å². The fourth-order valence-corrected chi connectivity index (χ4v) is 3.24. The van der Waals surface area contributed by atoms with Crippen molar-refractivity contribution in [2.24, 2.45) is 0 Å². The van der Waals surface area contributed by atoms with Crippen LogP contribution in [0.15, 0.2) is 24.4 Å². The number of hydrogen-bond acceptors (Lipinski definition) is 4. The molecule has 0 aromatic carbocycles. The first-order valence-corrected chi connectivity index (χ1v) is 7.35. The third-order valence-electron chi connectivity index (χ3n) is 3.18. The quantitative estimate of drug-likeness (QED) is 0.908. The van der Waals surface area contributed by atoms with Crippen LogP contribution in [0.1, 0.15) is 38.6 Å². The highest BCUT2D eigenvalue weighted by atomic mass is 32.1. The van der Waals surface area contributed by atoms with Crippen LogP contribution >= 0.6 is 11.3 Å². The van der Waals surface area contributed by atoms with Crippen molar-refractivity contribution in [3.63, 3.8) is 0 Å². The lowest BCUT2D eigenvalue weighted by Crippen LogP contribution is -2.27. The maximum absolute atomic E-state index is 12.3. The monoisotopic (exact) mass is 289 g/mol. The summed E-state index contributed by atoms with van der Waals surface area (Å²) in [6.45, 7) is 6.16. The van der Waals surface area contributed by atoms with E-state index in [-0.39, 0.29) is 11.9 Å². The summed E-state index contributed by atoms with van der Waals surface area (Å²) < 4.78 is 0. The van der Waals surface area contributed by atoms with Gasteiger partial charge in [0.15, 0.2) is 0 Å². The smallest absolute Gasteiger partial charge is 0.255 e. The molecule has 2 N–H and O–H groups in total. The zero-order valence-electron chi connectivity index (χ0n) is 12.2. The van der Waals surface area contributed by atoms with E-state index in [4.69, 9.17) is 0 Å². The van der Waals surface area contributed by atoms with Gasteiger partial charge in [-0.15, -0.1) is 11.3 Å². The molecule has 2 aromatic heterocycles. The first kappa shape index (κ1) is 14.5. The summed E-state index contributed by atoms with van der Waals surface area (Å²) in [6, 6.07) is 5.65. The lowest BCUT2D eigenvalue weighted by Gasteiger charge is -2.15. The Kier molecular flexibility index (Phi) is 4.39. The van der Waals surface area contributed by atoms with Gasteiger partial charge in [-0.25, -0.2) is 4.98 Å². The molecule has 1 atom stereocenters. The fraction of sp³-hybridized carbons (Fsp3) is 0.333. The van der Waals surface area contributed by atoms with Gasteiger partial charge in [0.2, 0.25) is 0 Å². The van der Waals surface area contributed by atoms with Gasteiger partial charge >= 0.3 is 0 Å². The van der Waals surface area contributed by atoms with Crippen LogP contribution in [-0.2, 0) is 0 Å². The summed E-state index contributed by atoms with van der Waals surface area (Å²) in [6.07, 6.45) is 1.67. The number of nitrogens with one attached hydrogen (secondary N) is 2. The molecule has 0 bridgehead atoms. The Bertz CT molecular complexity index is 621. The number of pyridine rings is 1. The highest BCUT2D eigenvalue weighted by Gasteiger charge is 2.17. The summed E-state index contributed by atoms with van der Waals surface area (Å²) in [5.41, 5.74) is 1.74. The van der Waals surface area contributed by atoms with E-state index in [1.165, 1.54) is 15.3 Å². The molecule has 0 aliphatic carbocycles. The largest absolute Gasteiger partial charge is 0.372 e. The molecule has 4 nitrogen and oxygen atoms in total. The molecule has 20 heavy (non-hydrogen) atoms. The molecule has 1 amide bonds. The van der Waals surface area contributed by atoms with Crippen molar-refractivity contribution in [3.05, 3.63) is 45.3 Å². The molecular weight excluding hydrogens is 270 g/mol. The van der Waals surface area contributed by atoms with Gasteiger partial charge in [-0.1, -0.05) is 0 Å². The molecule has 0 spiro atoms. The predicted molar refractivity (Wildman–Crippen MR) is 83.5 cm³/mol. The second-order valence-corrected chi connectivity index (χ2v) is 6.17. The number of anilines is 1. The normalized spacial score (nSPS) is 12.0. The van der Waals surface area contributed by atoms with Gasteiger partial charge in [-0.2, -0.15) is 0 Å². The van der Waals surface area contributed by atoms with Gasteiger partial charge in [0.05, 0.1) is 11.6 Å². The standard InChI is InChI=1S/C15H19N3OS/c1-9-8-13(11(3)20-9)10(2)18-15(19)12-6-5-7-17-14(12)16-4/h5-8,10H,1-4H3,(H,16,17)(H,18,19). The lowest BCUT2D eigenvalue weighted by atomic mass is 10.1. The first-order valence-electron chi connectivity index (χ1n) is 6.53. The Hall–Kier alpha value is -1.88. The molecule has 0 fully saturated rings. The minimum Gasteiger partial charge on any atom is -0.372 e. The van der Waals surface area contributed by atoms with Crippen LogP contribution in [0.2, 0.25) is 0 Å². The van der Waals surface area contributed by atoms with Crippen molar-refractivity contribution in [2.45, 2.75) is 26.8 Å². The van der Waals surface area contributed by atoms with Crippen LogP contribution < -0.4 is 10.6 Å². The van der Waals surface area contributed by atoms with Crippen LogP contribution in [0.5, 0.6) is 0 Å². The third kappa shape index (κ3) is 2.99. The number of amides is 1. The molecule has 2 heterocycles. The molecule has 0 aliphatic rings. The summed E-state index contributed by atoms with van der Waals surface area (Å²) in [7, 11) is 1.76. The van der Waals surface area contributed by atoms with Crippen LogP contribution in [0.25, 0.3) is 0 Å². The van der Waals surface area contributed by atoms with E-state index < -0.39 is 0 Å². The van der Waals surface area contributed by atoms with Gasteiger partial charge < -0.3 is 10.6 Å². The number of nitrogens with zero attached hydrogens (tertiary/aromatic N) is 1. The molecule has 0 radical (unpaired) electrons. The van der Waals surface area contributed by atoms with Crippen molar-refractivity contribution in [1.82, 2.24) is 10.3 Å². The van der Waals surface area contributed by atoms with Gasteiger partial charge in [0, 0.05) is 23.0 Å². The van der Waals surface area contributed by atoms with E-state index in [2.05, 4.69) is 35.5 Å². The predicted octanol–water partition coefficient (Wildman–Crippen LogP) is 3.29. The van der Waals surface area contributed by atoms with Gasteiger partial charge in [-0.3, -0.25) is 4.79 Å². The highest BCUT2D eigenvalue weighted by molar-refractivity contribution is 7.12. The SMILES string of the molecule is CNc1ncccc1C(=O)NC(C)c1cc(C)sc1C. The van der Waals surface area contributed by atoms with E-state index in [0.29, 0.717) is 11.4 Å². The number of rotatable bonds is 4. The Labute approximate surface area is 123 Å². The number of carbonyl (C=O) groups is 1. The van der Waals surface area contributed by atoms with E-state index in [1.54, 1.807) is 36.7 Å². The van der Waals surface area contributed by atoms with Crippen LogP contribution in [-0.4, -0.2) is 17.9 Å². The zero-order valence-corrected chi connectivity index (χ0v) is 13.0. The minimum atomic E-state index is -0.113. The molecule has 0 saturated heterocycles. The van der Waals surface area contributed by atoms with E-state index in [0.717, 1.165) is 0 Å². The second kappa shape index (κ2) is 6.05. The van der Waals surface area contributed by atoms with Crippen molar-refractivity contribution in [3.8, 4) is 0 Å². The Balaban J connectivity index is 2.17. The van der Waals surface area contributed by atoms with Crippen LogP contribution in [0.4, 0.5) is 5.82 Å². The lowest BCUT2D eigenvalue weighted by molar-refractivity contribution is 0.0940. The van der Waals surface area contributed by atoms with Crippen LogP contribution in [0, 0.1) is 13.8 Å². The maximum Gasteiger partial charge on any atom is 0.255 e. The molecule has 0 saturated carbocycles. The Morgan fingerprint density at radius 3 is 2.75 bits per heavy atom. The number of thiophene rings is 1. The Morgan fingerprint density at radius 1 is 1.40 bits per heavy atom. The molecule has 0 aliphatic heterocycles. The molecule has 2 rings (SSSR count). The van der Waals surface area contributed by atoms with Gasteiger partial charge in [0.25, 0.3) is 5.91 Å². The van der Waals surface area contributed by atoms with Crippen LogP contribution in [0.3, 0.4) is 0 Å². The molecule has 2 aromatic rings. The number of aromatic nitrogens is 1. The van der Waals surface area contributed by atoms with Crippen molar-refractivity contribution in [1.29, 1.82) is 0 Å². The molecule has 106 valence electrons. The summed E-state index contributed by atoms with van der Waals surface area (Å²) in [5.74, 6) is 0.480.